The lowest BCUT2D eigenvalue weighted by atomic mass is 10.1. The molecule has 10 heteroatoms. The summed E-state index contributed by atoms with van der Waals surface area (Å²) in [4.78, 5) is 30.1. The molecule has 3 rings (SSSR count). The van der Waals surface area contributed by atoms with E-state index in [1.807, 2.05) is 57.4 Å². The molecule has 180 valence electrons. The van der Waals surface area contributed by atoms with E-state index in [4.69, 9.17) is 14.2 Å². The fourth-order valence-electron chi connectivity index (χ4n) is 3.24. The van der Waals surface area contributed by atoms with Crippen molar-refractivity contribution in [3.05, 3.63) is 59.9 Å². The van der Waals surface area contributed by atoms with E-state index >= 15 is 0 Å². The Balaban J connectivity index is 1.82. The second-order valence-corrected chi connectivity index (χ2v) is 7.58. The molecule has 3 aromatic rings. The summed E-state index contributed by atoms with van der Waals surface area (Å²) in [5.74, 6) is 0.167. The van der Waals surface area contributed by atoms with Crippen LogP contribution in [-0.2, 0) is 0 Å². The number of aromatic nitrogens is 2. The van der Waals surface area contributed by atoms with Gasteiger partial charge in [-0.25, -0.2) is 4.98 Å². The van der Waals surface area contributed by atoms with Crippen molar-refractivity contribution in [1.29, 1.82) is 0 Å². The summed E-state index contributed by atoms with van der Waals surface area (Å²) >= 11 is 1.41. The van der Waals surface area contributed by atoms with Crippen molar-refractivity contribution in [2.45, 2.75) is 25.9 Å². The van der Waals surface area contributed by atoms with Crippen LogP contribution >= 0.6 is 11.8 Å². The first kappa shape index (κ1) is 25.0. The van der Waals surface area contributed by atoms with Crippen LogP contribution in [0.4, 0.5) is 0 Å². The van der Waals surface area contributed by atoms with E-state index in [0.29, 0.717) is 42.2 Å². The number of nitrogens with one attached hydrogen (secondary N) is 2. The van der Waals surface area contributed by atoms with E-state index in [0.717, 1.165) is 5.69 Å². The number of carbonyl (C=O) groups is 2. The first-order chi connectivity index (χ1) is 16.5. The van der Waals surface area contributed by atoms with Gasteiger partial charge < -0.3 is 14.2 Å². The predicted molar refractivity (Wildman–Crippen MR) is 130 cm³/mol. The lowest BCUT2D eigenvalue weighted by Crippen LogP contribution is -2.42. The van der Waals surface area contributed by atoms with Crippen molar-refractivity contribution < 1.29 is 23.8 Å². The molecule has 2 N–H and O–H groups in total. The number of benzene rings is 2. The van der Waals surface area contributed by atoms with Gasteiger partial charge in [-0.15, -0.1) is 0 Å². The summed E-state index contributed by atoms with van der Waals surface area (Å²) in [5.41, 5.74) is 6.24. The Bertz CT molecular complexity index is 1110. The molecule has 0 atom stereocenters. The summed E-state index contributed by atoms with van der Waals surface area (Å²) < 4.78 is 18.7. The first-order valence-corrected chi connectivity index (χ1v) is 12.1. The minimum Gasteiger partial charge on any atom is -0.490 e. The van der Waals surface area contributed by atoms with Gasteiger partial charge in [0.05, 0.1) is 26.0 Å². The van der Waals surface area contributed by atoms with E-state index in [9.17, 15) is 9.59 Å². The maximum Gasteiger partial charge on any atom is 0.288 e. The van der Waals surface area contributed by atoms with Gasteiger partial charge in [-0.3, -0.25) is 25.0 Å². The topological polar surface area (TPSA) is 104 Å². The van der Waals surface area contributed by atoms with E-state index in [1.54, 1.807) is 16.7 Å². The number of para-hydroxylation sites is 1. The summed E-state index contributed by atoms with van der Waals surface area (Å²) in [5, 5.41) is 0.650. The molecule has 1 aromatic heterocycles. The summed E-state index contributed by atoms with van der Waals surface area (Å²) in [6.07, 6.45) is 3.35. The van der Waals surface area contributed by atoms with Crippen LogP contribution in [0.1, 0.15) is 41.6 Å². The van der Waals surface area contributed by atoms with Gasteiger partial charge in [0.15, 0.2) is 16.7 Å². The fraction of sp³-hybridized carbons (Fsp3) is 0.292. The quantitative estimate of drug-likeness (QED) is 0.333. The van der Waals surface area contributed by atoms with Crippen molar-refractivity contribution in [2.75, 3.05) is 26.1 Å². The van der Waals surface area contributed by atoms with Gasteiger partial charge in [-0.2, -0.15) is 0 Å². The van der Waals surface area contributed by atoms with Gasteiger partial charge in [-0.05, 0) is 51.3 Å². The third-order valence-electron chi connectivity index (χ3n) is 4.62. The standard InChI is InChI=1S/C24H28N4O5S/c1-5-31-19-13-16(14-20(32-6-2)21(19)33-7-3)22(29)26-27-23(30)18-15-25-24(34-4)28(18)17-11-9-8-10-12-17/h8-15H,5-7H2,1-4H3,(H,26,29)(H,27,30). The normalized spacial score (nSPS) is 10.5. The smallest absolute Gasteiger partial charge is 0.288 e. The zero-order valence-corrected chi connectivity index (χ0v) is 20.4. The number of rotatable bonds is 10. The van der Waals surface area contributed by atoms with Gasteiger partial charge in [0.25, 0.3) is 11.8 Å². The molecule has 0 bridgehead atoms. The number of amides is 2. The molecule has 0 spiro atoms. The second-order valence-electron chi connectivity index (χ2n) is 6.81. The highest BCUT2D eigenvalue weighted by Crippen LogP contribution is 2.39. The molecule has 0 saturated heterocycles. The van der Waals surface area contributed by atoms with Crippen molar-refractivity contribution in [3.8, 4) is 22.9 Å². The van der Waals surface area contributed by atoms with Gasteiger partial charge in [0.1, 0.15) is 5.69 Å². The molecule has 1 heterocycles. The number of thioether (sulfide) groups is 1. The Labute approximate surface area is 202 Å². The molecule has 0 fully saturated rings. The van der Waals surface area contributed by atoms with Crippen molar-refractivity contribution in [3.63, 3.8) is 0 Å². The second kappa shape index (κ2) is 12.0. The van der Waals surface area contributed by atoms with Crippen LogP contribution in [0.15, 0.2) is 53.8 Å². The van der Waals surface area contributed by atoms with Crippen molar-refractivity contribution >= 4 is 23.6 Å². The molecule has 0 radical (unpaired) electrons. The Morgan fingerprint density at radius 2 is 1.50 bits per heavy atom. The molecule has 0 aliphatic carbocycles. The minimum atomic E-state index is -0.533. The van der Waals surface area contributed by atoms with Crippen molar-refractivity contribution in [2.24, 2.45) is 0 Å². The van der Waals surface area contributed by atoms with Gasteiger partial charge >= 0.3 is 0 Å². The van der Waals surface area contributed by atoms with E-state index in [2.05, 4.69) is 15.8 Å². The number of hydrogen-bond acceptors (Lipinski definition) is 7. The largest absolute Gasteiger partial charge is 0.490 e. The molecule has 0 unspecified atom stereocenters. The van der Waals surface area contributed by atoms with Crippen LogP contribution in [0.25, 0.3) is 5.69 Å². The highest BCUT2D eigenvalue weighted by atomic mass is 32.2. The zero-order chi connectivity index (χ0) is 24.5. The number of ether oxygens (including phenoxy) is 3. The predicted octanol–water partition coefficient (Wildman–Crippen LogP) is 3.87. The molecule has 0 aliphatic heterocycles. The lowest BCUT2D eigenvalue weighted by Gasteiger charge is -2.17. The highest BCUT2D eigenvalue weighted by Gasteiger charge is 2.21. The van der Waals surface area contributed by atoms with E-state index in [-0.39, 0.29) is 11.3 Å². The SMILES string of the molecule is CCOc1cc(C(=O)NNC(=O)c2cnc(SC)n2-c2ccccc2)cc(OCC)c1OCC. The molecule has 0 aliphatic rings. The third kappa shape index (κ3) is 5.63. The van der Waals surface area contributed by atoms with E-state index < -0.39 is 11.8 Å². The Kier molecular flexibility index (Phi) is 8.80. The number of hydrazine groups is 1. The molecular formula is C24H28N4O5S. The molecule has 2 amide bonds. The summed E-state index contributed by atoms with van der Waals surface area (Å²) in [7, 11) is 0. The van der Waals surface area contributed by atoms with Crippen LogP contribution in [0.2, 0.25) is 0 Å². The first-order valence-electron chi connectivity index (χ1n) is 10.9. The number of hydrogen-bond donors (Lipinski definition) is 2. The molecule has 9 nitrogen and oxygen atoms in total. The Morgan fingerprint density at radius 3 is 2.06 bits per heavy atom. The third-order valence-corrected chi connectivity index (χ3v) is 5.27. The van der Waals surface area contributed by atoms with Crippen LogP contribution < -0.4 is 25.1 Å². The van der Waals surface area contributed by atoms with Crippen LogP contribution in [-0.4, -0.2) is 47.4 Å². The monoisotopic (exact) mass is 484 g/mol. The highest BCUT2D eigenvalue weighted by molar-refractivity contribution is 7.98. The molecule has 0 saturated carbocycles. The Morgan fingerprint density at radius 1 is 0.912 bits per heavy atom. The average Bonchev–Trinajstić information content (AvgIpc) is 3.29. The number of nitrogens with zero attached hydrogens (tertiary/aromatic N) is 2. The molecule has 2 aromatic carbocycles. The minimum absolute atomic E-state index is 0.247. The lowest BCUT2D eigenvalue weighted by molar-refractivity contribution is 0.0842. The van der Waals surface area contributed by atoms with Crippen molar-refractivity contribution in [1.82, 2.24) is 20.4 Å². The van der Waals surface area contributed by atoms with Gasteiger partial charge in [0.2, 0.25) is 5.75 Å². The molecule has 34 heavy (non-hydrogen) atoms. The van der Waals surface area contributed by atoms with Crippen LogP contribution in [0.5, 0.6) is 17.2 Å². The van der Waals surface area contributed by atoms with Gasteiger partial charge in [0, 0.05) is 11.3 Å². The zero-order valence-electron chi connectivity index (χ0n) is 19.6. The summed E-state index contributed by atoms with van der Waals surface area (Å²) in [6.45, 7) is 6.70. The fourth-order valence-corrected chi connectivity index (χ4v) is 3.78. The van der Waals surface area contributed by atoms with Crippen LogP contribution in [0, 0.1) is 0 Å². The van der Waals surface area contributed by atoms with E-state index in [1.165, 1.54) is 18.0 Å². The number of carbonyl (C=O) groups excluding carboxylic acids is 2. The Hall–Kier alpha value is -3.66. The summed E-state index contributed by atoms with van der Waals surface area (Å²) in [6, 6.07) is 12.5. The molecular weight excluding hydrogens is 456 g/mol. The maximum absolute atomic E-state index is 12.9. The average molecular weight is 485 g/mol. The van der Waals surface area contributed by atoms with Crippen LogP contribution in [0.3, 0.4) is 0 Å². The van der Waals surface area contributed by atoms with Gasteiger partial charge in [-0.1, -0.05) is 30.0 Å². The number of imidazole rings is 1. The maximum atomic E-state index is 12.9.